The Kier molecular flexibility index (Phi) is 3.70. The minimum absolute atomic E-state index is 0.0355. The number of carbonyl (C=O) groups excluding carboxylic acids is 2. The van der Waals surface area contributed by atoms with Gasteiger partial charge in [-0.15, -0.1) is 0 Å². The molecule has 1 aliphatic rings. The fraction of sp³-hybridized carbons (Fsp3) is 0.312. The number of carbonyl (C=O) groups is 2. The number of alkyl halides is 3. The summed E-state index contributed by atoms with van der Waals surface area (Å²) in [6, 6.07) is 4.50. The first-order valence-corrected chi connectivity index (χ1v) is 7.24. The number of ketones is 1. The molecule has 1 saturated heterocycles. The molecule has 1 fully saturated rings. The molecule has 3 rings (SSSR count). The fourth-order valence-electron chi connectivity index (χ4n) is 2.96. The van der Waals surface area contributed by atoms with E-state index in [0.717, 1.165) is 0 Å². The van der Waals surface area contributed by atoms with Crippen LogP contribution in [0.1, 0.15) is 18.9 Å². The number of aromatic nitrogens is 1. The van der Waals surface area contributed by atoms with Gasteiger partial charge in [0, 0.05) is 29.2 Å². The minimum atomic E-state index is -4.69. The molecule has 24 heavy (non-hydrogen) atoms. The highest BCUT2D eigenvalue weighted by Crippen LogP contribution is 2.35. The number of rotatable bonds is 2. The van der Waals surface area contributed by atoms with Gasteiger partial charge in [-0.05, 0) is 31.5 Å². The Hall–Kier alpha value is -2.64. The average molecular weight is 338 g/mol. The molecule has 1 unspecified atom stereocenters. The third kappa shape index (κ3) is 2.68. The molecule has 126 valence electrons. The van der Waals surface area contributed by atoms with Gasteiger partial charge in [0.1, 0.15) is 5.78 Å². The molecule has 0 bridgehead atoms. The fourth-order valence-corrected chi connectivity index (χ4v) is 2.96. The van der Waals surface area contributed by atoms with E-state index in [-0.39, 0.29) is 28.9 Å². The maximum atomic E-state index is 13.2. The predicted molar refractivity (Wildman–Crippen MR) is 80.7 cm³/mol. The number of Topliss-reactive ketones (excluding diaryl/α,β-unsaturated/α-hetero) is 1. The molecule has 0 aliphatic carbocycles. The van der Waals surface area contributed by atoms with Crippen LogP contribution < -0.4 is 10.5 Å². The van der Waals surface area contributed by atoms with Crippen molar-refractivity contribution in [1.82, 2.24) is 4.98 Å². The summed E-state index contributed by atoms with van der Waals surface area (Å²) in [4.78, 5) is 38.7. The molecular formula is C16H13F3N2O3. The zero-order valence-corrected chi connectivity index (χ0v) is 12.6. The number of fused-ring (bicyclic) bond motifs is 1. The van der Waals surface area contributed by atoms with Gasteiger partial charge in [0.2, 0.25) is 11.5 Å². The highest BCUT2D eigenvalue weighted by molar-refractivity contribution is 6.10. The number of anilines is 1. The highest BCUT2D eigenvalue weighted by Gasteiger charge is 2.37. The van der Waals surface area contributed by atoms with E-state index in [1.807, 2.05) is 0 Å². The van der Waals surface area contributed by atoms with E-state index in [2.05, 4.69) is 4.98 Å². The maximum absolute atomic E-state index is 13.2. The average Bonchev–Trinajstić information content (AvgIpc) is 2.87. The molecule has 8 heteroatoms. The van der Waals surface area contributed by atoms with E-state index in [1.54, 1.807) is 0 Å². The van der Waals surface area contributed by atoms with E-state index in [9.17, 15) is 27.6 Å². The third-order valence-corrected chi connectivity index (χ3v) is 4.14. The smallest absolute Gasteiger partial charge is 0.322 e. The predicted octanol–water partition coefficient (Wildman–Crippen LogP) is 2.49. The number of aromatic amines is 1. The van der Waals surface area contributed by atoms with E-state index < -0.39 is 29.1 Å². The van der Waals surface area contributed by atoms with Crippen molar-refractivity contribution in [2.45, 2.75) is 19.5 Å². The van der Waals surface area contributed by atoms with Crippen LogP contribution in [0.3, 0.4) is 0 Å². The zero-order valence-electron chi connectivity index (χ0n) is 12.6. The van der Waals surface area contributed by atoms with Crippen LogP contribution >= 0.6 is 0 Å². The summed E-state index contributed by atoms with van der Waals surface area (Å²) in [5.74, 6) is -1.43. The van der Waals surface area contributed by atoms with Crippen LogP contribution in [0.15, 0.2) is 29.1 Å². The van der Waals surface area contributed by atoms with Crippen LogP contribution in [0.4, 0.5) is 18.9 Å². The van der Waals surface area contributed by atoms with Crippen molar-refractivity contribution in [2.75, 3.05) is 11.4 Å². The highest BCUT2D eigenvalue weighted by atomic mass is 19.4. The van der Waals surface area contributed by atoms with E-state index in [0.29, 0.717) is 12.5 Å². The van der Waals surface area contributed by atoms with Crippen molar-refractivity contribution < 1.29 is 22.8 Å². The summed E-state index contributed by atoms with van der Waals surface area (Å²) in [5, 5.41) is -0.196. The Balaban J connectivity index is 2.12. The van der Waals surface area contributed by atoms with E-state index >= 15 is 0 Å². The van der Waals surface area contributed by atoms with Crippen LogP contribution in [-0.2, 0) is 15.8 Å². The van der Waals surface area contributed by atoms with Gasteiger partial charge in [-0.3, -0.25) is 14.4 Å². The Morgan fingerprint density at radius 2 is 1.96 bits per heavy atom. The number of nitrogens with one attached hydrogen (secondary N) is 1. The van der Waals surface area contributed by atoms with Crippen LogP contribution in [0, 0.1) is 5.92 Å². The number of hydrogen-bond donors (Lipinski definition) is 1. The monoisotopic (exact) mass is 338 g/mol. The third-order valence-electron chi connectivity index (χ3n) is 4.14. The normalized spacial score (nSPS) is 18.4. The van der Waals surface area contributed by atoms with Crippen LogP contribution in [0.5, 0.6) is 0 Å². The van der Waals surface area contributed by atoms with Crippen molar-refractivity contribution in [3.05, 3.63) is 40.2 Å². The molecule has 1 aromatic carbocycles. The van der Waals surface area contributed by atoms with Gasteiger partial charge in [-0.1, -0.05) is 0 Å². The van der Waals surface area contributed by atoms with Gasteiger partial charge >= 0.3 is 6.18 Å². The summed E-state index contributed by atoms with van der Waals surface area (Å²) in [7, 11) is 0. The van der Waals surface area contributed by atoms with Crippen LogP contribution in [-0.4, -0.2) is 23.2 Å². The molecular weight excluding hydrogens is 325 g/mol. The molecule has 5 nitrogen and oxygen atoms in total. The van der Waals surface area contributed by atoms with Crippen LogP contribution in [0.2, 0.25) is 0 Å². The van der Waals surface area contributed by atoms with Gasteiger partial charge in [-0.25, -0.2) is 0 Å². The van der Waals surface area contributed by atoms with Crippen molar-refractivity contribution in [3.63, 3.8) is 0 Å². The largest absolute Gasteiger partial charge is 0.417 e. The number of hydrogen-bond acceptors (Lipinski definition) is 3. The Morgan fingerprint density at radius 1 is 1.25 bits per heavy atom. The molecule has 1 amide bonds. The van der Waals surface area contributed by atoms with E-state index in [4.69, 9.17) is 0 Å². The minimum Gasteiger partial charge on any atom is -0.322 e. The van der Waals surface area contributed by atoms with Gasteiger partial charge in [0.25, 0.3) is 0 Å². The van der Waals surface area contributed by atoms with Crippen LogP contribution in [0.25, 0.3) is 10.9 Å². The Labute approximate surface area is 134 Å². The summed E-state index contributed by atoms with van der Waals surface area (Å²) in [5.41, 5.74) is -1.60. The molecule has 1 atom stereocenters. The van der Waals surface area contributed by atoms with Gasteiger partial charge in [0.15, 0.2) is 0 Å². The standard InChI is InChI=1S/C16H13F3N2O3/c1-8(22)10-4-5-21(15(10)24)9-2-3-13-11(6-9)12(16(17,18)19)7-14(23)20-13/h2-3,6-7,10H,4-5H2,1H3,(H,20,23). The molecule has 0 spiro atoms. The second kappa shape index (κ2) is 5.47. The molecule has 1 aliphatic heterocycles. The van der Waals surface area contributed by atoms with Crippen molar-refractivity contribution >= 4 is 28.3 Å². The van der Waals surface area contributed by atoms with Crippen molar-refractivity contribution in [3.8, 4) is 0 Å². The number of pyridine rings is 1. The Bertz CT molecular complexity index is 902. The lowest BCUT2D eigenvalue weighted by Crippen LogP contribution is -2.29. The quantitative estimate of drug-likeness (QED) is 0.855. The molecule has 2 aromatic rings. The van der Waals surface area contributed by atoms with Gasteiger partial charge in [-0.2, -0.15) is 13.2 Å². The summed E-state index contributed by atoms with van der Waals surface area (Å²) in [6.07, 6.45) is -4.36. The first-order chi connectivity index (χ1) is 11.2. The lowest BCUT2D eigenvalue weighted by molar-refractivity contribution is -0.136. The summed E-state index contributed by atoms with van der Waals surface area (Å²) in [6.45, 7) is 1.58. The number of nitrogens with zero attached hydrogens (tertiary/aromatic N) is 1. The van der Waals surface area contributed by atoms with E-state index in [1.165, 1.54) is 30.0 Å². The Morgan fingerprint density at radius 3 is 2.54 bits per heavy atom. The molecule has 0 saturated carbocycles. The maximum Gasteiger partial charge on any atom is 0.417 e. The molecule has 1 N–H and O–H groups in total. The number of halogens is 3. The molecule has 0 radical (unpaired) electrons. The topological polar surface area (TPSA) is 70.2 Å². The molecule has 2 heterocycles. The lowest BCUT2D eigenvalue weighted by Gasteiger charge is -2.18. The molecule has 1 aromatic heterocycles. The van der Waals surface area contributed by atoms with Gasteiger partial charge in [0.05, 0.1) is 11.5 Å². The first kappa shape index (κ1) is 16.2. The first-order valence-electron chi connectivity index (χ1n) is 7.24. The number of amides is 1. The number of H-pyrrole nitrogens is 1. The van der Waals surface area contributed by atoms with Crippen molar-refractivity contribution in [2.24, 2.45) is 5.92 Å². The number of benzene rings is 1. The van der Waals surface area contributed by atoms with Gasteiger partial charge < -0.3 is 9.88 Å². The summed E-state index contributed by atoms with van der Waals surface area (Å²) >= 11 is 0. The SMILES string of the molecule is CC(=O)C1CCN(c2ccc3[nH]c(=O)cc(C(F)(F)F)c3c2)C1=O. The lowest BCUT2D eigenvalue weighted by atomic mass is 10.0. The van der Waals surface area contributed by atoms with Crippen molar-refractivity contribution in [1.29, 1.82) is 0 Å². The summed E-state index contributed by atoms with van der Waals surface area (Å²) < 4.78 is 39.5. The zero-order chi connectivity index (χ0) is 17.6. The second-order valence-electron chi connectivity index (χ2n) is 5.72. The second-order valence-corrected chi connectivity index (χ2v) is 5.72.